The van der Waals surface area contributed by atoms with Crippen LogP contribution in [0.2, 0.25) is 0 Å². The normalized spacial score (nSPS) is 10.7. The SMILES string of the molecule is COc1ccc(C(=O)CSc2ccc3ccccc3c2)cc1F. The first-order valence-corrected chi connectivity index (χ1v) is 8.14. The van der Waals surface area contributed by atoms with Crippen molar-refractivity contribution >= 4 is 28.3 Å². The van der Waals surface area contributed by atoms with Crippen LogP contribution in [0.1, 0.15) is 10.4 Å². The van der Waals surface area contributed by atoms with Crippen molar-refractivity contribution in [3.8, 4) is 5.75 Å². The van der Waals surface area contributed by atoms with Crippen LogP contribution in [0.4, 0.5) is 4.39 Å². The zero-order valence-electron chi connectivity index (χ0n) is 12.6. The minimum atomic E-state index is -0.519. The number of thioether (sulfide) groups is 1. The molecular formula is C19H15FO2S. The van der Waals surface area contributed by atoms with Crippen LogP contribution in [0.25, 0.3) is 10.8 Å². The molecule has 0 bridgehead atoms. The second-order valence-electron chi connectivity index (χ2n) is 5.07. The van der Waals surface area contributed by atoms with Gasteiger partial charge in [-0.3, -0.25) is 4.79 Å². The van der Waals surface area contributed by atoms with E-state index in [9.17, 15) is 9.18 Å². The fraction of sp³-hybridized carbons (Fsp3) is 0.105. The number of methoxy groups -OCH3 is 1. The maximum Gasteiger partial charge on any atom is 0.173 e. The van der Waals surface area contributed by atoms with Crippen LogP contribution in [0.15, 0.2) is 65.6 Å². The van der Waals surface area contributed by atoms with Crippen molar-refractivity contribution in [2.45, 2.75) is 4.90 Å². The van der Waals surface area contributed by atoms with Gasteiger partial charge in [0.05, 0.1) is 12.9 Å². The second-order valence-corrected chi connectivity index (χ2v) is 6.12. The highest BCUT2D eigenvalue weighted by atomic mass is 32.2. The molecule has 0 aromatic heterocycles. The molecule has 23 heavy (non-hydrogen) atoms. The lowest BCUT2D eigenvalue weighted by Gasteiger charge is -2.06. The maximum absolute atomic E-state index is 13.7. The summed E-state index contributed by atoms with van der Waals surface area (Å²) in [5, 5.41) is 2.31. The fourth-order valence-corrected chi connectivity index (χ4v) is 3.17. The molecule has 0 saturated carbocycles. The molecule has 0 saturated heterocycles. The van der Waals surface area contributed by atoms with E-state index in [1.54, 1.807) is 6.07 Å². The van der Waals surface area contributed by atoms with E-state index >= 15 is 0 Å². The highest BCUT2D eigenvalue weighted by molar-refractivity contribution is 8.00. The smallest absolute Gasteiger partial charge is 0.173 e. The molecule has 0 spiro atoms. The first kappa shape index (κ1) is 15.6. The highest BCUT2D eigenvalue weighted by Crippen LogP contribution is 2.25. The van der Waals surface area contributed by atoms with E-state index < -0.39 is 5.82 Å². The third-order valence-corrected chi connectivity index (χ3v) is 4.56. The lowest BCUT2D eigenvalue weighted by atomic mass is 10.1. The van der Waals surface area contributed by atoms with Crippen molar-refractivity contribution in [3.05, 3.63) is 72.0 Å². The number of halogens is 1. The summed E-state index contributed by atoms with van der Waals surface area (Å²) in [6.07, 6.45) is 0. The predicted molar refractivity (Wildman–Crippen MR) is 92.0 cm³/mol. The van der Waals surface area contributed by atoms with E-state index in [-0.39, 0.29) is 17.3 Å². The monoisotopic (exact) mass is 326 g/mol. The van der Waals surface area contributed by atoms with Crippen LogP contribution >= 0.6 is 11.8 Å². The Morgan fingerprint density at radius 2 is 1.83 bits per heavy atom. The summed E-state index contributed by atoms with van der Waals surface area (Å²) in [6.45, 7) is 0. The van der Waals surface area contributed by atoms with E-state index in [0.717, 1.165) is 10.3 Å². The topological polar surface area (TPSA) is 26.3 Å². The lowest BCUT2D eigenvalue weighted by molar-refractivity contribution is 0.102. The Hall–Kier alpha value is -2.33. The largest absolute Gasteiger partial charge is 0.494 e. The van der Waals surface area contributed by atoms with Crippen LogP contribution < -0.4 is 4.74 Å². The van der Waals surface area contributed by atoms with Gasteiger partial charge in [0.15, 0.2) is 17.3 Å². The number of ether oxygens (including phenoxy) is 1. The summed E-state index contributed by atoms with van der Waals surface area (Å²) in [4.78, 5) is 13.2. The molecule has 3 rings (SSSR count). The lowest BCUT2D eigenvalue weighted by Crippen LogP contribution is -2.03. The Kier molecular flexibility index (Phi) is 4.63. The number of Topliss-reactive ketones (excluding diaryl/α,β-unsaturated/α-hetero) is 1. The number of benzene rings is 3. The quantitative estimate of drug-likeness (QED) is 0.489. The Bertz CT molecular complexity index is 861. The molecule has 0 amide bonds. The van der Waals surface area contributed by atoms with Crippen molar-refractivity contribution in [2.24, 2.45) is 0 Å². The molecule has 0 fully saturated rings. The van der Waals surface area contributed by atoms with E-state index in [1.165, 1.54) is 36.4 Å². The van der Waals surface area contributed by atoms with Crippen molar-refractivity contribution in [2.75, 3.05) is 12.9 Å². The first-order chi connectivity index (χ1) is 11.2. The number of ketones is 1. The number of rotatable bonds is 5. The molecule has 3 aromatic carbocycles. The summed E-state index contributed by atoms with van der Waals surface area (Å²) in [5.74, 6) is -0.216. The number of hydrogen-bond acceptors (Lipinski definition) is 3. The molecule has 0 heterocycles. The van der Waals surface area contributed by atoms with Crippen LogP contribution in [-0.2, 0) is 0 Å². The first-order valence-electron chi connectivity index (χ1n) is 7.16. The minimum Gasteiger partial charge on any atom is -0.494 e. The average molecular weight is 326 g/mol. The van der Waals surface area contributed by atoms with Crippen molar-refractivity contribution in [1.29, 1.82) is 0 Å². The molecule has 2 nitrogen and oxygen atoms in total. The Labute approximate surface area is 138 Å². The van der Waals surface area contributed by atoms with Gasteiger partial charge in [-0.2, -0.15) is 0 Å². The summed E-state index contributed by atoms with van der Waals surface area (Å²) in [5.41, 5.74) is 0.358. The maximum atomic E-state index is 13.7. The van der Waals surface area contributed by atoms with Gasteiger partial charge in [0.25, 0.3) is 0 Å². The molecule has 0 N–H and O–H groups in total. The van der Waals surface area contributed by atoms with Crippen LogP contribution in [0.3, 0.4) is 0 Å². The average Bonchev–Trinajstić information content (AvgIpc) is 2.59. The predicted octanol–water partition coefficient (Wildman–Crippen LogP) is 4.96. The van der Waals surface area contributed by atoms with Gasteiger partial charge in [-0.05, 0) is 41.1 Å². The highest BCUT2D eigenvalue weighted by Gasteiger charge is 2.11. The van der Waals surface area contributed by atoms with Crippen LogP contribution in [0, 0.1) is 5.82 Å². The number of fused-ring (bicyclic) bond motifs is 1. The summed E-state index contributed by atoms with van der Waals surface area (Å²) >= 11 is 1.45. The van der Waals surface area contributed by atoms with Gasteiger partial charge >= 0.3 is 0 Å². The van der Waals surface area contributed by atoms with Gasteiger partial charge in [-0.15, -0.1) is 11.8 Å². The summed E-state index contributed by atoms with van der Waals surface area (Å²) in [6, 6.07) is 18.5. The standard InChI is InChI=1S/C19H15FO2S/c1-22-19-9-7-15(11-17(19)20)18(21)12-23-16-8-6-13-4-2-3-5-14(13)10-16/h2-11H,12H2,1H3. The number of carbonyl (C=O) groups is 1. The fourth-order valence-electron chi connectivity index (χ4n) is 2.33. The van der Waals surface area contributed by atoms with E-state index in [1.807, 2.05) is 30.3 Å². The molecule has 0 aliphatic heterocycles. The molecule has 0 unspecified atom stereocenters. The van der Waals surface area contributed by atoms with Gasteiger partial charge in [0, 0.05) is 10.5 Å². The zero-order chi connectivity index (χ0) is 16.2. The van der Waals surface area contributed by atoms with Crippen molar-refractivity contribution < 1.29 is 13.9 Å². The second kappa shape index (κ2) is 6.84. The molecule has 0 radical (unpaired) electrons. The molecule has 3 aromatic rings. The van der Waals surface area contributed by atoms with Gasteiger partial charge in [0.2, 0.25) is 0 Å². The number of hydrogen-bond donors (Lipinski definition) is 0. The molecule has 116 valence electrons. The van der Waals surface area contributed by atoms with E-state index in [2.05, 4.69) is 12.1 Å². The third kappa shape index (κ3) is 3.54. The van der Waals surface area contributed by atoms with E-state index in [0.29, 0.717) is 5.56 Å². The van der Waals surface area contributed by atoms with Gasteiger partial charge in [-0.1, -0.05) is 30.3 Å². The Morgan fingerprint density at radius 3 is 2.57 bits per heavy atom. The zero-order valence-corrected chi connectivity index (χ0v) is 13.4. The van der Waals surface area contributed by atoms with Gasteiger partial charge in [-0.25, -0.2) is 4.39 Å². The van der Waals surface area contributed by atoms with E-state index in [4.69, 9.17) is 4.74 Å². The van der Waals surface area contributed by atoms with Crippen LogP contribution in [-0.4, -0.2) is 18.6 Å². The van der Waals surface area contributed by atoms with Gasteiger partial charge < -0.3 is 4.74 Å². The number of carbonyl (C=O) groups excluding carboxylic acids is 1. The van der Waals surface area contributed by atoms with Crippen molar-refractivity contribution in [3.63, 3.8) is 0 Å². The summed E-state index contributed by atoms with van der Waals surface area (Å²) in [7, 11) is 1.40. The third-order valence-electron chi connectivity index (χ3n) is 3.56. The molecule has 0 aliphatic carbocycles. The Balaban J connectivity index is 1.71. The Morgan fingerprint density at radius 1 is 1.04 bits per heavy atom. The van der Waals surface area contributed by atoms with Crippen molar-refractivity contribution in [1.82, 2.24) is 0 Å². The summed E-state index contributed by atoms with van der Waals surface area (Å²) < 4.78 is 18.5. The molecule has 0 atom stereocenters. The molecule has 0 aliphatic rings. The minimum absolute atomic E-state index is 0.107. The van der Waals surface area contributed by atoms with Gasteiger partial charge in [0.1, 0.15) is 0 Å². The van der Waals surface area contributed by atoms with Crippen LogP contribution in [0.5, 0.6) is 5.75 Å². The molecular weight excluding hydrogens is 311 g/mol. The molecule has 4 heteroatoms.